The lowest BCUT2D eigenvalue weighted by Gasteiger charge is -2.20. The zero-order valence-electron chi connectivity index (χ0n) is 10.5. The highest BCUT2D eigenvalue weighted by Crippen LogP contribution is 2.24. The Balaban J connectivity index is 2.80. The number of rotatable bonds is 5. The number of nitrogens with zero attached hydrogens (tertiary/aromatic N) is 2. The molecule has 0 unspecified atom stereocenters. The van der Waals surface area contributed by atoms with Crippen LogP contribution in [-0.4, -0.2) is 40.0 Å². The van der Waals surface area contributed by atoms with Crippen LogP contribution >= 0.6 is 11.6 Å². The van der Waals surface area contributed by atoms with E-state index in [0.717, 1.165) is 0 Å². The van der Waals surface area contributed by atoms with E-state index < -0.39 is 0 Å². The number of carbonyl (C=O) groups excluding carboxylic acids is 1. The Hall–Kier alpha value is -1.95. The second-order valence-corrected chi connectivity index (χ2v) is 4.30. The molecule has 0 saturated carbocycles. The zero-order valence-corrected chi connectivity index (χ0v) is 11.3. The Morgan fingerprint density at radius 2 is 2.21 bits per heavy atom. The van der Waals surface area contributed by atoms with Crippen molar-refractivity contribution in [3.8, 4) is 5.75 Å². The van der Waals surface area contributed by atoms with Gasteiger partial charge in [-0.3, -0.25) is 4.79 Å². The summed E-state index contributed by atoms with van der Waals surface area (Å²) < 4.78 is 0. The van der Waals surface area contributed by atoms with Crippen LogP contribution in [0.25, 0.3) is 0 Å². The molecular weight excluding hydrogens is 270 g/mol. The van der Waals surface area contributed by atoms with E-state index in [1.54, 1.807) is 4.90 Å². The van der Waals surface area contributed by atoms with E-state index in [1.807, 2.05) is 6.92 Å². The summed E-state index contributed by atoms with van der Waals surface area (Å²) in [6.07, 6.45) is 0.280. The highest BCUT2D eigenvalue weighted by molar-refractivity contribution is 6.32. The van der Waals surface area contributed by atoms with Gasteiger partial charge in [0.1, 0.15) is 11.6 Å². The van der Waals surface area contributed by atoms with Crippen LogP contribution in [0.4, 0.5) is 0 Å². The molecule has 19 heavy (non-hydrogen) atoms. The molecule has 1 aromatic rings. The summed E-state index contributed by atoms with van der Waals surface area (Å²) >= 11 is 5.76. The molecule has 0 radical (unpaired) electrons. The van der Waals surface area contributed by atoms with Crippen molar-refractivity contribution in [2.75, 3.05) is 13.1 Å². The molecule has 0 heterocycles. The van der Waals surface area contributed by atoms with E-state index in [0.29, 0.717) is 18.7 Å². The van der Waals surface area contributed by atoms with Gasteiger partial charge in [-0.25, -0.2) is 0 Å². The first-order valence-electron chi connectivity index (χ1n) is 5.73. The molecule has 0 aliphatic heterocycles. The molecule has 0 spiro atoms. The number of carbonyl (C=O) groups is 1. The molecule has 6 nitrogen and oxygen atoms in total. The number of phenolic OH excluding ortho intramolecular Hbond substituents is 1. The van der Waals surface area contributed by atoms with Crippen LogP contribution in [0.5, 0.6) is 5.75 Å². The smallest absolute Gasteiger partial charge is 0.253 e. The molecule has 4 N–H and O–H groups in total. The number of hydrogen-bond donors (Lipinski definition) is 3. The van der Waals surface area contributed by atoms with Crippen molar-refractivity contribution in [1.29, 1.82) is 0 Å². The molecule has 0 fully saturated rings. The monoisotopic (exact) mass is 285 g/mol. The fourth-order valence-electron chi connectivity index (χ4n) is 1.53. The minimum Gasteiger partial charge on any atom is -0.506 e. The lowest BCUT2D eigenvalue weighted by atomic mass is 10.2. The summed E-state index contributed by atoms with van der Waals surface area (Å²) in [5.74, 6) is -0.233. The minimum absolute atomic E-state index is 0.0648. The number of aromatic hydroxyl groups is 1. The number of benzene rings is 1. The van der Waals surface area contributed by atoms with Crippen LogP contribution in [0.2, 0.25) is 5.02 Å². The lowest BCUT2D eigenvalue weighted by Crippen LogP contribution is -2.33. The fourth-order valence-corrected chi connectivity index (χ4v) is 1.71. The largest absolute Gasteiger partial charge is 0.506 e. The number of amidine groups is 1. The molecule has 104 valence electrons. The molecule has 0 aliphatic rings. The van der Waals surface area contributed by atoms with Gasteiger partial charge in [-0.1, -0.05) is 16.8 Å². The van der Waals surface area contributed by atoms with Gasteiger partial charge in [0.15, 0.2) is 0 Å². The summed E-state index contributed by atoms with van der Waals surface area (Å²) in [6.45, 7) is 2.64. The molecule has 0 saturated heterocycles. The van der Waals surface area contributed by atoms with Gasteiger partial charge in [0.2, 0.25) is 0 Å². The summed E-state index contributed by atoms with van der Waals surface area (Å²) in [5, 5.41) is 20.7. The first kappa shape index (κ1) is 15.1. The zero-order chi connectivity index (χ0) is 14.4. The predicted molar refractivity (Wildman–Crippen MR) is 72.7 cm³/mol. The number of oxime groups is 1. The first-order chi connectivity index (χ1) is 8.99. The molecule has 7 heteroatoms. The van der Waals surface area contributed by atoms with Crippen LogP contribution in [-0.2, 0) is 0 Å². The Bertz CT molecular complexity index is 491. The Morgan fingerprint density at radius 3 is 2.74 bits per heavy atom. The van der Waals surface area contributed by atoms with Gasteiger partial charge in [0, 0.05) is 25.1 Å². The van der Waals surface area contributed by atoms with E-state index in [-0.39, 0.29) is 28.9 Å². The first-order valence-corrected chi connectivity index (χ1v) is 6.11. The summed E-state index contributed by atoms with van der Waals surface area (Å²) in [4.78, 5) is 13.7. The van der Waals surface area contributed by atoms with E-state index in [1.165, 1.54) is 18.2 Å². The Morgan fingerprint density at radius 1 is 1.53 bits per heavy atom. The highest BCUT2D eigenvalue weighted by Gasteiger charge is 2.15. The third-order valence-corrected chi connectivity index (χ3v) is 2.93. The van der Waals surface area contributed by atoms with Crippen LogP contribution < -0.4 is 5.73 Å². The van der Waals surface area contributed by atoms with Gasteiger partial charge in [0.25, 0.3) is 5.91 Å². The Labute approximate surface area is 116 Å². The van der Waals surface area contributed by atoms with Crippen molar-refractivity contribution >= 4 is 23.3 Å². The fraction of sp³-hybridized carbons (Fsp3) is 0.333. The number of hydrogen-bond acceptors (Lipinski definition) is 4. The Kier molecular flexibility index (Phi) is 5.44. The average molecular weight is 286 g/mol. The molecule has 0 bridgehead atoms. The van der Waals surface area contributed by atoms with Gasteiger partial charge in [-0.2, -0.15) is 0 Å². The summed E-state index contributed by atoms with van der Waals surface area (Å²) in [5.41, 5.74) is 5.75. The molecule has 1 amide bonds. The van der Waals surface area contributed by atoms with E-state index in [2.05, 4.69) is 5.16 Å². The summed E-state index contributed by atoms with van der Waals surface area (Å²) in [7, 11) is 0. The van der Waals surface area contributed by atoms with Crippen LogP contribution in [0, 0.1) is 0 Å². The van der Waals surface area contributed by atoms with Crippen molar-refractivity contribution in [2.24, 2.45) is 10.9 Å². The van der Waals surface area contributed by atoms with Gasteiger partial charge < -0.3 is 20.9 Å². The molecule has 0 aliphatic carbocycles. The minimum atomic E-state index is -0.227. The average Bonchev–Trinajstić information content (AvgIpc) is 2.41. The van der Waals surface area contributed by atoms with Gasteiger partial charge in [-0.05, 0) is 25.1 Å². The highest BCUT2D eigenvalue weighted by atomic mass is 35.5. The quantitative estimate of drug-likeness (QED) is 0.331. The number of halogens is 1. The SMILES string of the molecule is CCN(CCC(N)=NO)C(=O)c1ccc(O)c(Cl)c1. The maximum absolute atomic E-state index is 12.2. The van der Waals surface area contributed by atoms with Crippen molar-refractivity contribution in [3.63, 3.8) is 0 Å². The maximum Gasteiger partial charge on any atom is 0.253 e. The van der Waals surface area contributed by atoms with E-state index in [9.17, 15) is 9.90 Å². The normalized spacial score (nSPS) is 11.4. The van der Waals surface area contributed by atoms with Crippen LogP contribution in [0.15, 0.2) is 23.4 Å². The second kappa shape index (κ2) is 6.84. The van der Waals surface area contributed by atoms with Gasteiger partial charge in [-0.15, -0.1) is 0 Å². The van der Waals surface area contributed by atoms with E-state index in [4.69, 9.17) is 22.5 Å². The van der Waals surface area contributed by atoms with Crippen molar-refractivity contribution in [1.82, 2.24) is 4.90 Å². The topological polar surface area (TPSA) is 99.1 Å². The lowest BCUT2D eigenvalue weighted by molar-refractivity contribution is 0.0768. The number of phenols is 1. The third kappa shape index (κ3) is 4.03. The molecule has 0 aromatic heterocycles. The second-order valence-electron chi connectivity index (χ2n) is 3.89. The molecule has 1 aromatic carbocycles. The number of amides is 1. The van der Waals surface area contributed by atoms with Crippen LogP contribution in [0.1, 0.15) is 23.7 Å². The molecule has 1 rings (SSSR count). The molecule has 0 atom stereocenters. The third-order valence-electron chi connectivity index (χ3n) is 2.63. The van der Waals surface area contributed by atoms with Gasteiger partial charge >= 0.3 is 0 Å². The number of nitrogens with two attached hydrogens (primary N) is 1. The molecular formula is C12H16ClN3O3. The van der Waals surface area contributed by atoms with Crippen molar-refractivity contribution in [3.05, 3.63) is 28.8 Å². The van der Waals surface area contributed by atoms with Crippen LogP contribution in [0.3, 0.4) is 0 Å². The predicted octanol–water partition coefficient (Wildman–Crippen LogP) is 1.64. The standard InChI is InChI=1S/C12H16ClN3O3/c1-2-16(6-5-11(14)15-19)12(18)8-3-4-10(17)9(13)7-8/h3-4,7,17,19H,2,5-6H2,1H3,(H2,14,15). The summed E-state index contributed by atoms with van der Waals surface area (Å²) in [6, 6.07) is 4.27. The van der Waals surface area contributed by atoms with Crippen molar-refractivity contribution in [2.45, 2.75) is 13.3 Å². The maximum atomic E-state index is 12.2. The van der Waals surface area contributed by atoms with Crippen molar-refractivity contribution < 1.29 is 15.1 Å². The van der Waals surface area contributed by atoms with E-state index >= 15 is 0 Å². The van der Waals surface area contributed by atoms with Gasteiger partial charge in [0.05, 0.1) is 5.02 Å².